The number of aliphatic imine (C=N–C) groups is 1. The van der Waals surface area contributed by atoms with Gasteiger partial charge in [0.15, 0.2) is 5.96 Å². The van der Waals surface area contributed by atoms with Gasteiger partial charge in [0.2, 0.25) is 0 Å². The molecular formula is C23H39IN4O. The highest BCUT2D eigenvalue weighted by atomic mass is 127. The van der Waals surface area contributed by atoms with Crippen LogP contribution in [0.5, 0.6) is 5.75 Å². The summed E-state index contributed by atoms with van der Waals surface area (Å²) in [6, 6.07) is 8.56. The van der Waals surface area contributed by atoms with Crippen molar-refractivity contribution in [1.82, 2.24) is 15.1 Å². The largest absolute Gasteiger partial charge is 0.497 e. The number of piperidine rings is 1. The summed E-state index contributed by atoms with van der Waals surface area (Å²) in [5.41, 5.74) is 1.40. The molecule has 2 heterocycles. The first kappa shape index (κ1) is 24.3. The molecule has 5 nitrogen and oxygen atoms in total. The molecule has 6 heteroatoms. The van der Waals surface area contributed by atoms with Crippen LogP contribution >= 0.6 is 24.0 Å². The number of methoxy groups -OCH3 is 1. The molecule has 29 heavy (non-hydrogen) atoms. The number of guanidine groups is 1. The molecular weight excluding hydrogens is 475 g/mol. The summed E-state index contributed by atoms with van der Waals surface area (Å²) >= 11 is 0. The number of ether oxygens (including phenoxy) is 1. The maximum atomic E-state index is 5.29. The molecule has 2 saturated heterocycles. The molecule has 1 aromatic carbocycles. The Bertz CT molecular complexity index is 614. The molecule has 2 aliphatic heterocycles. The molecule has 3 rings (SSSR count). The van der Waals surface area contributed by atoms with Crippen molar-refractivity contribution in [2.45, 2.75) is 45.4 Å². The van der Waals surface area contributed by atoms with Gasteiger partial charge in [0.25, 0.3) is 0 Å². The van der Waals surface area contributed by atoms with Crippen LogP contribution in [-0.2, 0) is 0 Å². The Kier molecular flexibility index (Phi) is 10.6. The van der Waals surface area contributed by atoms with E-state index in [1.165, 1.54) is 50.9 Å². The first-order valence-electron chi connectivity index (χ1n) is 11.1. The molecule has 0 spiro atoms. The molecule has 1 unspecified atom stereocenters. The zero-order valence-electron chi connectivity index (χ0n) is 18.4. The number of rotatable bonds is 7. The summed E-state index contributed by atoms with van der Waals surface area (Å²) in [7, 11) is 1.72. The van der Waals surface area contributed by atoms with Crippen LogP contribution in [0.2, 0.25) is 0 Å². The van der Waals surface area contributed by atoms with Crippen molar-refractivity contribution < 1.29 is 4.74 Å². The van der Waals surface area contributed by atoms with Gasteiger partial charge in [0.1, 0.15) is 5.75 Å². The summed E-state index contributed by atoms with van der Waals surface area (Å²) in [6.45, 7) is 12.2. The van der Waals surface area contributed by atoms with E-state index in [0.29, 0.717) is 5.92 Å². The summed E-state index contributed by atoms with van der Waals surface area (Å²) in [5, 5.41) is 3.52. The van der Waals surface area contributed by atoms with E-state index < -0.39 is 0 Å². The molecule has 0 saturated carbocycles. The smallest absolute Gasteiger partial charge is 0.193 e. The van der Waals surface area contributed by atoms with Gasteiger partial charge in [-0.05, 0) is 75.9 Å². The summed E-state index contributed by atoms with van der Waals surface area (Å²) < 4.78 is 5.29. The molecule has 2 aliphatic rings. The Morgan fingerprint density at radius 3 is 2.45 bits per heavy atom. The minimum Gasteiger partial charge on any atom is -0.497 e. The predicted octanol–water partition coefficient (Wildman–Crippen LogP) is 4.19. The highest BCUT2D eigenvalue weighted by Gasteiger charge is 2.26. The van der Waals surface area contributed by atoms with E-state index in [0.717, 1.165) is 43.8 Å². The van der Waals surface area contributed by atoms with E-state index in [1.54, 1.807) is 7.11 Å². The quantitative estimate of drug-likeness (QED) is 0.337. The Labute approximate surface area is 194 Å². The van der Waals surface area contributed by atoms with Gasteiger partial charge in [-0.1, -0.05) is 19.1 Å². The highest BCUT2D eigenvalue weighted by Crippen LogP contribution is 2.28. The zero-order chi connectivity index (χ0) is 19.8. The fourth-order valence-electron chi connectivity index (χ4n) is 4.47. The van der Waals surface area contributed by atoms with Gasteiger partial charge >= 0.3 is 0 Å². The van der Waals surface area contributed by atoms with E-state index in [9.17, 15) is 0 Å². The average Bonchev–Trinajstić information content (AvgIpc) is 3.24. The van der Waals surface area contributed by atoms with E-state index >= 15 is 0 Å². The van der Waals surface area contributed by atoms with Gasteiger partial charge in [-0.2, -0.15) is 0 Å². The number of nitrogens with zero attached hydrogens (tertiary/aromatic N) is 3. The van der Waals surface area contributed by atoms with Crippen molar-refractivity contribution in [3.8, 4) is 5.75 Å². The van der Waals surface area contributed by atoms with Crippen LogP contribution in [0.3, 0.4) is 0 Å². The number of hydrogen-bond acceptors (Lipinski definition) is 3. The van der Waals surface area contributed by atoms with Gasteiger partial charge in [-0.25, -0.2) is 0 Å². The molecule has 1 atom stereocenters. The van der Waals surface area contributed by atoms with E-state index in [1.807, 2.05) is 0 Å². The Balaban J connectivity index is 0.00000300. The third-order valence-corrected chi connectivity index (χ3v) is 6.36. The lowest BCUT2D eigenvalue weighted by Gasteiger charge is -2.30. The number of halogens is 1. The van der Waals surface area contributed by atoms with Crippen LogP contribution in [-0.4, -0.2) is 68.7 Å². The van der Waals surface area contributed by atoms with Crippen molar-refractivity contribution >= 4 is 29.9 Å². The van der Waals surface area contributed by atoms with Gasteiger partial charge in [0.05, 0.1) is 7.11 Å². The maximum absolute atomic E-state index is 5.29. The maximum Gasteiger partial charge on any atom is 0.193 e. The molecule has 164 valence electrons. The zero-order valence-corrected chi connectivity index (χ0v) is 20.7. The topological polar surface area (TPSA) is 40.1 Å². The Hall–Kier alpha value is -1.02. The number of likely N-dealkylation sites (tertiary alicyclic amines) is 2. The van der Waals surface area contributed by atoms with Gasteiger partial charge < -0.3 is 19.9 Å². The lowest BCUT2D eigenvalue weighted by atomic mass is 9.94. The number of benzene rings is 1. The Morgan fingerprint density at radius 2 is 1.83 bits per heavy atom. The molecule has 1 aromatic rings. The molecule has 0 amide bonds. The second-order valence-electron chi connectivity index (χ2n) is 8.11. The van der Waals surface area contributed by atoms with E-state index in [2.05, 4.69) is 53.2 Å². The Morgan fingerprint density at radius 1 is 1.10 bits per heavy atom. The van der Waals surface area contributed by atoms with Crippen molar-refractivity contribution in [1.29, 1.82) is 0 Å². The number of nitrogens with one attached hydrogen (secondary N) is 1. The molecule has 0 radical (unpaired) electrons. The summed E-state index contributed by atoms with van der Waals surface area (Å²) in [6.07, 6.45) is 5.08. The molecule has 0 aliphatic carbocycles. The molecule has 2 fully saturated rings. The van der Waals surface area contributed by atoms with Crippen LogP contribution < -0.4 is 10.1 Å². The lowest BCUT2D eigenvalue weighted by molar-refractivity contribution is 0.188. The van der Waals surface area contributed by atoms with Crippen LogP contribution in [0, 0.1) is 5.92 Å². The van der Waals surface area contributed by atoms with Crippen LogP contribution in [0.15, 0.2) is 29.3 Å². The lowest BCUT2D eigenvalue weighted by Crippen LogP contribution is -2.40. The third kappa shape index (κ3) is 7.02. The molecule has 1 N–H and O–H groups in total. The predicted molar refractivity (Wildman–Crippen MR) is 133 cm³/mol. The number of hydrogen-bond donors (Lipinski definition) is 1. The second kappa shape index (κ2) is 12.6. The third-order valence-electron chi connectivity index (χ3n) is 6.36. The first-order valence-corrected chi connectivity index (χ1v) is 11.1. The standard InChI is InChI=1S/C23H38N4O.HI/c1-4-24-23(25-14-10-19-11-15-26(5-2)16-12-19)27-17-13-21(18-27)20-6-8-22(28-3)9-7-20;/h6-9,19,21H,4-5,10-18H2,1-3H3,(H,24,25);1H. The van der Waals surface area contributed by atoms with Gasteiger partial charge in [-0.3, -0.25) is 4.99 Å². The fraction of sp³-hybridized carbons (Fsp3) is 0.696. The molecule has 0 aromatic heterocycles. The van der Waals surface area contributed by atoms with Crippen molar-refractivity contribution in [2.24, 2.45) is 10.9 Å². The first-order chi connectivity index (χ1) is 13.7. The monoisotopic (exact) mass is 514 g/mol. The fourth-order valence-corrected chi connectivity index (χ4v) is 4.47. The minimum atomic E-state index is 0. The van der Waals surface area contributed by atoms with Crippen LogP contribution in [0.4, 0.5) is 0 Å². The van der Waals surface area contributed by atoms with Gasteiger partial charge in [0, 0.05) is 32.1 Å². The second-order valence-corrected chi connectivity index (χ2v) is 8.11. The van der Waals surface area contributed by atoms with Crippen molar-refractivity contribution in [3.63, 3.8) is 0 Å². The normalized spacial score (nSPS) is 21.1. The van der Waals surface area contributed by atoms with Crippen LogP contribution in [0.25, 0.3) is 0 Å². The van der Waals surface area contributed by atoms with Gasteiger partial charge in [-0.15, -0.1) is 24.0 Å². The summed E-state index contributed by atoms with van der Waals surface area (Å²) in [5.74, 6) is 3.45. The SMILES string of the molecule is CCNC(=NCCC1CCN(CC)CC1)N1CCC(c2ccc(OC)cc2)C1.I. The van der Waals surface area contributed by atoms with E-state index in [-0.39, 0.29) is 24.0 Å². The summed E-state index contributed by atoms with van der Waals surface area (Å²) in [4.78, 5) is 9.99. The van der Waals surface area contributed by atoms with Crippen molar-refractivity contribution in [2.75, 3.05) is 52.9 Å². The molecule has 0 bridgehead atoms. The van der Waals surface area contributed by atoms with Crippen LogP contribution in [0.1, 0.15) is 51.0 Å². The average molecular weight is 514 g/mol. The highest BCUT2D eigenvalue weighted by molar-refractivity contribution is 14.0. The van der Waals surface area contributed by atoms with Crippen molar-refractivity contribution in [3.05, 3.63) is 29.8 Å². The van der Waals surface area contributed by atoms with E-state index in [4.69, 9.17) is 9.73 Å². The minimum absolute atomic E-state index is 0.